The fourth-order valence-corrected chi connectivity index (χ4v) is 7.88. The van der Waals surface area contributed by atoms with Gasteiger partial charge in [-0.1, -0.05) is 110 Å². The van der Waals surface area contributed by atoms with E-state index in [1.165, 1.54) is 36.7 Å². The summed E-state index contributed by atoms with van der Waals surface area (Å²) in [5.74, 6) is -1.00. The van der Waals surface area contributed by atoms with Crippen molar-refractivity contribution in [3.63, 3.8) is 0 Å². The number of aliphatic hydroxyl groups excluding tert-OH is 1. The summed E-state index contributed by atoms with van der Waals surface area (Å²) in [6, 6.07) is 23.5. The monoisotopic (exact) mass is 895 g/mol. The van der Waals surface area contributed by atoms with Crippen LogP contribution in [0.25, 0.3) is 42.2 Å². The third kappa shape index (κ3) is 9.30. The number of nitrogens with zero attached hydrogens (tertiary/aromatic N) is 1. The SMILES string of the molecule is CC(C)C(/C(O)=C/C(=O)C(C)(C)C(F)(F)F)C(C)C.CC(C)Cc1cccc2c1sc1c(-c3[c-]c4ccccc4c(C(C)(C)C)c3)nccc12.[Ir]. The molecule has 0 spiro atoms. The van der Waals surface area contributed by atoms with Gasteiger partial charge in [0, 0.05) is 58.8 Å². The standard InChI is InChI=1S/C29H28NS.C14H23F3O2.Ir/c1-18(2)15-20-10-8-12-23-24-13-14-30-26(28(24)31-27(20)23)21-16-19-9-6-7-11-22(19)25(17-21)29(3,4)5;1-8(2)12(9(3)4)10(18)7-11(19)13(5,6)14(15,16)17;/h6-14,17-18H,15H2,1-5H3;7-9,12,18H,1-6H3;/q-1;;/b;10-7-;. The van der Waals surface area contributed by atoms with Crippen molar-refractivity contribution >= 4 is 48.1 Å². The first kappa shape index (κ1) is 42.4. The molecule has 0 fully saturated rings. The third-order valence-corrected chi connectivity index (χ3v) is 10.6. The molecule has 1 radical (unpaired) electrons. The molecule has 3 aromatic carbocycles. The van der Waals surface area contributed by atoms with Crippen LogP contribution in [-0.4, -0.2) is 22.1 Å². The number of hydrogen-bond acceptors (Lipinski definition) is 4. The second-order valence-corrected chi connectivity index (χ2v) is 17.0. The van der Waals surface area contributed by atoms with Gasteiger partial charge in [-0.15, -0.1) is 40.5 Å². The predicted octanol–water partition coefficient (Wildman–Crippen LogP) is 13.1. The fraction of sp³-hybridized carbons (Fsp3) is 0.442. The Hall–Kier alpha value is -3.06. The van der Waals surface area contributed by atoms with Gasteiger partial charge >= 0.3 is 6.18 Å². The van der Waals surface area contributed by atoms with E-state index in [2.05, 4.69) is 95.3 Å². The van der Waals surface area contributed by atoms with Gasteiger partial charge in [-0.05, 0) is 60.5 Å². The van der Waals surface area contributed by atoms with Crippen LogP contribution in [-0.2, 0) is 36.7 Å². The van der Waals surface area contributed by atoms with E-state index < -0.39 is 17.4 Å². The number of carbonyl (C=O) groups excluding carboxylic acids is 1. The van der Waals surface area contributed by atoms with E-state index in [9.17, 15) is 23.1 Å². The number of pyridine rings is 1. The molecular formula is C43H51F3IrNO2S-. The predicted molar refractivity (Wildman–Crippen MR) is 205 cm³/mol. The minimum atomic E-state index is -4.63. The van der Waals surface area contributed by atoms with Crippen LogP contribution in [0.2, 0.25) is 0 Å². The number of rotatable bonds is 8. The maximum absolute atomic E-state index is 12.7. The number of allylic oxidation sites excluding steroid dienone is 2. The number of carbonyl (C=O) groups is 1. The Labute approximate surface area is 319 Å². The zero-order valence-corrected chi connectivity index (χ0v) is 34.8. The average molecular weight is 895 g/mol. The summed E-state index contributed by atoms with van der Waals surface area (Å²) >= 11 is 1.89. The summed E-state index contributed by atoms with van der Waals surface area (Å²) in [5, 5.41) is 15.0. The van der Waals surface area contributed by atoms with Crippen LogP contribution < -0.4 is 0 Å². The molecule has 5 rings (SSSR count). The van der Waals surface area contributed by atoms with Crippen LogP contribution in [0.4, 0.5) is 13.2 Å². The van der Waals surface area contributed by atoms with Crippen LogP contribution in [0.5, 0.6) is 0 Å². The number of fused-ring (bicyclic) bond motifs is 4. The molecule has 0 saturated heterocycles. The third-order valence-electron chi connectivity index (χ3n) is 9.34. The first-order valence-corrected chi connectivity index (χ1v) is 18.2. The molecule has 0 aliphatic heterocycles. The van der Waals surface area contributed by atoms with Crippen LogP contribution >= 0.6 is 11.3 Å². The summed E-state index contributed by atoms with van der Waals surface area (Å²) in [4.78, 5) is 16.6. The van der Waals surface area contributed by atoms with Crippen LogP contribution in [0, 0.1) is 35.2 Å². The zero-order chi connectivity index (χ0) is 37.3. The van der Waals surface area contributed by atoms with Gasteiger partial charge in [-0.2, -0.15) is 13.2 Å². The van der Waals surface area contributed by atoms with Gasteiger partial charge in [0.2, 0.25) is 0 Å². The number of alkyl halides is 3. The molecule has 0 saturated carbocycles. The van der Waals surface area contributed by atoms with Gasteiger partial charge in [0.15, 0.2) is 5.78 Å². The molecule has 0 aliphatic carbocycles. The molecule has 3 nitrogen and oxygen atoms in total. The molecule has 277 valence electrons. The van der Waals surface area contributed by atoms with E-state index in [1.807, 2.05) is 45.2 Å². The van der Waals surface area contributed by atoms with Crippen molar-refractivity contribution in [3.8, 4) is 11.3 Å². The number of halogens is 3. The number of hydrogen-bond donors (Lipinski definition) is 1. The first-order valence-electron chi connectivity index (χ1n) is 17.4. The van der Waals surface area contributed by atoms with E-state index in [0.29, 0.717) is 5.92 Å². The van der Waals surface area contributed by atoms with E-state index in [-0.39, 0.29) is 49.0 Å². The number of ketones is 1. The molecule has 51 heavy (non-hydrogen) atoms. The number of aliphatic hydroxyl groups is 1. The van der Waals surface area contributed by atoms with Crippen molar-refractivity contribution in [2.45, 2.75) is 94.2 Å². The van der Waals surface area contributed by atoms with Crippen molar-refractivity contribution in [1.29, 1.82) is 0 Å². The second-order valence-electron chi connectivity index (χ2n) is 16.0. The Morgan fingerprint density at radius 2 is 1.45 bits per heavy atom. The van der Waals surface area contributed by atoms with Gasteiger partial charge in [0.25, 0.3) is 0 Å². The quantitative estimate of drug-likeness (QED) is 0.0959. The minimum Gasteiger partial charge on any atom is -0.512 e. The Balaban J connectivity index is 0.000000306. The Morgan fingerprint density at radius 1 is 0.863 bits per heavy atom. The van der Waals surface area contributed by atoms with Crippen LogP contribution in [0.15, 0.2) is 72.6 Å². The maximum Gasteiger partial charge on any atom is 0.401 e. The van der Waals surface area contributed by atoms with Crippen molar-refractivity contribution in [2.75, 3.05) is 0 Å². The minimum absolute atomic E-state index is 0. The molecule has 0 unspecified atom stereocenters. The summed E-state index contributed by atoms with van der Waals surface area (Å²) < 4.78 is 40.8. The van der Waals surface area contributed by atoms with Gasteiger partial charge < -0.3 is 5.11 Å². The maximum atomic E-state index is 12.7. The van der Waals surface area contributed by atoms with E-state index in [1.54, 1.807) is 0 Å². The van der Waals surface area contributed by atoms with Gasteiger partial charge in [-0.25, -0.2) is 0 Å². The van der Waals surface area contributed by atoms with Crippen LogP contribution in [0.1, 0.15) is 87.3 Å². The van der Waals surface area contributed by atoms with Crippen molar-refractivity contribution in [1.82, 2.24) is 4.98 Å². The average Bonchev–Trinajstić information content (AvgIpc) is 3.39. The molecule has 1 N–H and O–H groups in total. The van der Waals surface area contributed by atoms with Crippen LogP contribution in [0.3, 0.4) is 0 Å². The number of thiophene rings is 1. The van der Waals surface area contributed by atoms with Gasteiger partial charge in [0.05, 0.1) is 5.76 Å². The summed E-state index contributed by atoms with van der Waals surface area (Å²) in [6.07, 6.45) is -0.841. The molecular weight excluding hydrogens is 844 g/mol. The topological polar surface area (TPSA) is 50.2 Å². The normalized spacial score (nSPS) is 13.0. The Kier molecular flexibility index (Phi) is 13.5. The molecule has 0 aliphatic rings. The summed E-state index contributed by atoms with van der Waals surface area (Å²) in [6.45, 7) is 20.5. The number of benzene rings is 3. The van der Waals surface area contributed by atoms with E-state index >= 15 is 0 Å². The Morgan fingerprint density at radius 3 is 2.02 bits per heavy atom. The van der Waals surface area contributed by atoms with Gasteiger partial charge in [0.1, 0.15) is 5.41 Å². The van der Waals surface area contributed by atoms with E-state index in [0.717, 1.165) is 43.0 Å². The molecule has 2 aromatic heterocycles. The largest absolute Gasteiger partial charge is 0.512 e. The second kappa shape index (κ2) is 16.3. The molecule has 5 aromatic rings. The smallest absolute Gasteiger partial charge is 0.401 e. The van der Waals surface area contributed by atoms with Crippen molar-refractivity contribution in [3.05, 3.63) is 89.8 Å². The molecule has 8 heteroatoms. The van der Waals surface area contributed by atoms with Crippen molar-refractivity contribution < 1.29 is 43.2 Å². The van der Waals surface area contributed by atoms with E-state index in [4.69, 9.17) is 4.98 Å². The molecule has 0 atom stereocenters. The Bertz CT molecular complexity index is 2010. The molecule has 0 amide bonds. The summed E-state index contributed by atoms with van der Waals surface area (Å²) in [7, 11) is 0. The first-order chi connectivity index (χ1) is 23.1. The molecule has 2 heterocycles. The fourth-order valence-electron chi connectivity index (χ4n) is 6.56. The van der Waals surface area contributed by atoms with Gasteiger partial charge in [-0.3, -0.25) is 9.78 Å². The van der Waals surface area contributed by atoms with Crippen molar-refractivity contribution in [2.24, 2.45) is 29.1 Å². The molecule has 0 bridgehead atoms. The number of aromatic nitrogens is 1. The zero-order valence-electron chi connectivity index (χ0n) is 31.5. The summed E-state index contributed by atoms with van der Waals surface area (Å²) in [5.41, 5.74) is 2.48.